The molecule has 22 heavy (non-hydrogen) atoms. The van der Waals surface area contributed by atoms with E-state index in [1.807, 2.05) is 25.1 Å². The number of thiazole rings is 1. The number of carbonyl (C=O) groups excluding carboxylic acids is 1. The van der Waals surface area contributed by atoms with E-state index < -0.39 is 0 Å². The number of fused-ring (bicyclic) bond motifs is 1. The number of pyridine rings is 1. The van der Waals surface area contributed by atoms with Gasteiger partial charge < -0.3 is 11.1 Å². The molecule has 0 aliphatic rings. The molecule has 0 atom stereocenters. The lowest BCUT2D eigenvalue weighted by atomic mass is 10.1. The minimum absolute atomic E-state index is 0.214. The fourth-order valence-corrected chi connectivity index (χ4v) is 3.04. The zero-order valence-electron chi connectivity index (χ0n) is 12.4. The van der Waals surface area contributed by atoms with Crippen LogP contribution in [0, 0.1) is 13.8 Å². The summed E-state index contributed by atoms with van der Waals surface area (Å²) in [5.74, 6) is 0.318. The molecule has 1 aromatic carbocycles. The molecule has 0 saturated carbocycles. The number of hydrogen-bond acceptors (Lipinski definition) is 5. The predicted octanol–water partition coefficient (Wildman–Crippen LogP) is 3.02. The monoisotopic (exact) mass is 312 g/mol. The van der Waals surface area contributed by atoms with Crippen molar-refractivity contribution in [3.05, 3.63) is 51.5 Å². The first kappa shape index (κ1) is 14.6. The van der Waals surface area contributed by atoms with Crippen molar-refractivity contribution in [1.82, 2.24) is 9.97 Å². The van der Waals surface area contributed by atoms with Crippen molar-refractivity contribution in [3.8, 4) is 0 Å². The summed E-state index contributed by atoms with van der Waals surface area (Å²) in [5.41, 5.74) is 8.71. The Bertz CT molecular complexity index is 856. The van der Waals surface area contributed by atoms with E-state index in [1.54, 1.807) is 0 Å². The van der Waals surface area contributed by atoms with Crippen LogP contribution in [-0.4, -0.2) is 15.9 Å². The maximum atomic E-state index is 12.2. The molecule has 1 amide bonds. The Morgan fingerprint density at radius 3 is 2.86 bits per heavy atom. The lowest BCUT2D eigenvalue weighted by Crippen LogP contribution is -2.11. The molecule has 3 aromatic rings. The summed E-state index contributed by atoms with van der Waals surface area (Å²) in [6.07, 6.45) is 1.54. The topological polar surface area (TPSA) is 80.9 Å². The molecule has 2 aromatic heterocycles. The maximum Gasteiger partial charge on any atom is 0.268 e. The Morgan fingerprint density at radius 2 is 2.14 bits per heavy atom. The van der Waals surface area contributed by atoms with Crippen LogP contribution in [0.3, 0.4) is 0 Å². The Balaban J connectivity index is 1.89. The van der Waals surface area contributed by atoms with E-state index in [-0.39, 0.29) is 5.91 Å². The number of carbonyl (C=O) groups is 1. The fraction of sp³-hybridized carbons (Fsp3) is 0.188. The second kappa shape index (κ2) is 5.82. The standard InChI is InChI=1S/C16H16N4OS/c1-9-5-10(2)11-3-4-14(19-12(11)6-9)20-16(21)13-8-18-15(7-17)22-13/h3-6,8H,7,17H2,1-2H3,(H,19,20,21). The smallest absolute Gasteiger partial charge is 0.268 e. The highest BCUT2D eigenvalue weighted by Crippen LogP contribution is 2.21. The molecular weight excluding hydrogens is 296 g/mol. The minimum atomic E-state index is -0.214. The lowest BCUT2D eigenvalue weighted by molar-refractivity contribution is 0.103. The number of anilines is 1. The molecule has 3 rings (SSSR count). The minimum Gasteiger partial charge on any atom is -0.325 e. The van der Waals surface area contributed by atoms with E-state index in [1.165, 1.54) is 23.1 Å². The molecule has 0 radical (unpaired) electrons. The lowest BCUT2D eigenvalue weighted by Gasteiger charge is -2.07. The number of nitrogens with two attached hydrogens (primary N) is 1. The molecule has 0 unspecified atom stereocenters. The van der Waals surface area contributed by atoms with E-state index >= 15 is 0 Å². The quantitative estimate of drug-likeness (QED) is 0.779. The average Bonchev–Trinajstić information content (AvgIpc) is 2.95. The zero-order valence-corrected chi connectivity index (χ0v) is 13.2. The number of nitrogens with one attached hydrogen (secondary N) is 1. The van der Waals surface area contributed by atoms with Gasteiger partial charge in [0.05, 0.1) is 11.7 Å². The summed E-state index contributed by atoms with van der Waals surface area (Å²) < 4.78 is 0. The SMILES string of the molecule is Cc1cc(C)c2ccc(NC(=O)c3cnc(CN)s3)nc2c1. The number of hydrogen-bond donors (Lipinski definition) is 2. The van der Waals surface area contributed by atoms with Gasteiger partial charge in [-0.2, -0.15) is 0 Å². The summed E-state index contributed by atoms with van der Waals surface area (Å²) in [6.45, 7) is 4.43. The van der Waals surface area contributed by atoms with Gasteiger partial charge in [-0.3, -0.25) is 4.79 Å². The Kier molecular flexibility index (Phi) is 3.87. The third-order valence-electron chi connectivity index (χ3n) is 3.35. The van der Waals surface area contributed by atoms with Gasteiger partial charge in [-0.25, -0.2) is 9.97 Å². The summed E-state index contributed by atoms with van der Waals surface area (Å²) in [4.78, 5) is 21.3. The highest BCUT2D eigenvalue weighted by molar-refractivity contribution is 7.13. The number of aryl methyl sites for hydroxylation is 2. The van der Waals surface area contributed by atoms with Gasteiger partial charge in [0.1, 0.15) is 15.7 Å². The summed E-state index contributed by atoms with van der Waals surface area (Å²) in [6, 6.07) is 7.92. The normalized spacial score (nSPS) is 10.9. The van der Waals surface area contributed by atoms with Crippen LogP contribution in [-0.2, 0) is 6.54 Å². The number of amides is 1. The highest BCUT2D eigenvalue weighted by Gasteiger charge is 2.11. The van der Waals surface area contributed by atoms with Gasteiger partial charge in [0.2, 0.25) is 0 Å². The van der Waals surface area contributed by atoms with Crippen LogP contribution in [0.5, 0.6) is 0 Å². The zero-order chi connectivity index (χ0) is 15.7. The van der Waals surface area contributed by atoms with Crippen molar-refractivity contribution in [2.75, 3.05) is 5.32 Å². The third kappa shape index (κ3) is 2.84. The van der Waals surface area contributed by atoms with Crippen LogP contribution in [0.15, 0.2) is 30.5 Å². The van der Waals surface area contributed by atoms with Crippen LogP contribution < -0.4 is 11.1 Å². The summed E-state index contributed by atoms with van der Waals surface area (Å²) in [5, 5.41) is 4.63. The van der Waals surface area contributed by atoms with Crippen LogP contribution in [0.25, 0.3) is 10.9 Å². The van der Waals surface area contributed by atoms with E-state index in [2.05, 4.69) is 28.3 Å². The molecule has 0 fully saturated rings. The number of rotatable bonds is 3. The molecule has 5 nitrogen and oxygen atoms in total. The first-order chi connectivity index (χ1) is 10.6. The molecule has 2 heterocycles. The first-order valence-corrected chi connectivity index (χ1v) is 7.72. The van der Waals surface area contributed by atoms with Gasteiger partial charge in [0, 0.05) is 11.9 Å². The van der Waals surface area contributed by atoms with Crippen molar-refractivity contribution in [2.45, 2.75) is 20.4 Å². The van der Waals surface area contributed by atoms with Crippen LogP contribution >= 0.6 is 11.3 Å². The molecule has 6 heteroatoms. The van der Waals surface area contributed by atoms with E-state index in [4.69, 9.17) is 5.73 Å². The van der Waals surface area contributed by atoms with Gasteiger partial charge >= 0.3 is 0 Å². The Morgan fingerprint density at radius 1 is 1.32 bits per heavy atom. The molecule has 112 valence electrons. The Labute approximate surface area is 132 Å². The van der Waals surface area contributed by atoms with Gasteiger partial charge in [0.25, 0.3) is 5.91 Å². The van der Waals surface area contributed by atoms with Crippen molar-refractivity contribution in [1.29, 1.82) is 0 Å². The second-order valence-electron chi connectivity index (χ2n) is 5.12. The van der Waals surface area contributed by atoms with Crippen LogP contribution in [0.4, 0.5) is 5.82 Å². The van der Waals surface area contributed by atoms with Crippen molar-refractivity contribution in [3.63, 3.8) is 0 Å². The summed E-state index contributed by atoms with van der Waals surface area (Å²) in [7, 11) is 0. The van der Waals surface area contributed by atoms with Gasteiger partial charge in [-0.05, 0) is 43.2 Å². The van der Waals surface area contributed by atoms with Gasteiger partial charge in [-0.15, -0.1) is 11.3 Å². The number of nitrogens with zero attached hydrogens (tertiary/aromatic N) is 2. The molecule has 3 N–H and O–H groups in total. The fourth-order valence-electron chi connectivity index (χ4n) is 2.35. The van der Waals surface area contributed by atoms with Gasteiger partial charge in [0.15, 0.2) is 0 Å². The van der Waals surface area contributed by atoms with E-state index in [0.717, 1.165) is 21.5 Å². The largest absolute Gasteiger partial charge is 0.325 e. The molecule has 0 saturated heterocycles. The predicted molar refractivity (Wildman–Crippen MR) is 89.2 cm³/mol. The maximum absolute atomic E-state index is 12.2. The van der Waals surface area contributed by atoms with Crippen molar-refractivity contribution < 1.29 is 4.79 Å². The third-order valence-corrected chi connectivity index (χ3v) is 4.37. The molecule has 0 bridgehead atoms. The first-order valence-electron chi connectivity index (χ1n) is 6.91. The Hall–Kier alpha value is -2.31. The number of benzene rings is 1. The highest BCUT2D eigenvalue weighted by atomic mass is 32.1. The van der Waals surface area contributed by atoms with Crippen LogP contribution in [0.1, 0.15) is 25.8 Å². The van der Waals surface area contributed by atoms with Gasteiger partial charge in [-0.1, -0.05) is 6.07 Å². The number of aromatic nitrogens is 2. The average molecular weight is 312 g/mol. The molecule has 0 spiro atoms. The van der Waals surface area contributed by atoms with Crippen molar-refractivity contribution >= 4 is 34.0 Å². The molecule has 0 aliphatic heterocycles. The van der Waals surface area contributed by atoms with E-state index in [9.17, 15) is 4.79 Å². The van der Waals surface area contributed by atoms with E-state index in [0.29, 0.717) is 17.2 Å². The summed E-state index contributed by atoms with van der Waals surface area (Å²) >= 11 is 1.29. The molecule has 0 aliphatic carbocycles. The van der Waals surface area contributed by atoms with Crippen LogP contribution in [0.2, 0.25) is 0 Å². The van der Waals surface area contributed by atoms with Crippen molar-refractivity contribution in [2.24, 2.45) is 5.73 Å². The second-order valence-corrected chi connectivity index (χ2v) is 6.24. The molecular formula is C16H16N4OS.